The van der Waals surface area contributed by atoms with Gasteiger partial charge in [0, 0.05) is 10.6 Å². The predicted octanol–water partition coefficient (Wildman–Crippen LogP) is 7.01. The van der Waals surface area contributed by atoms with E-state index in [9.17, 15) is 14.4 Å². The van der Waals surface area contributed by atoms with Gasteiger partial charge >= 0.3 is 6.03 Å². The van der Waals surface area contributed by atoms with Crippen LogP contribution in [-0.2, 0) is 16.2 Å². The summed E-state index contributed by atoms with van der Waals surface area (Å²) in [6.45, 7) is 4.16. The van der Waals surface area contributed by atoms with Crippen molar-refractivity contribution in [3.05, 3.63) is 111 Å². The summed E-state index contributed by atoms with van der Waals surface area (Å²) in [6, 6.07) is 21.1. The van der Waals surface area contributed by atoms with Crippen molar-refractivity contribution in [2.45, 2.75) is 20.5 Å². The number of urea groups is 1. The molecule has 0 atom stereocenters. The minimum absolute atomic E-state index is 0.211. The van der Waals surface area contributed by atoms with Gasteiger partial charge in [-0.2, -0.15) is 0 Å². The van der Waals surface area contributed by atoms with E-state index in [1.807, 2.05) is 19.1 Å². The van der Waals surface area contributed by atoms with Crippen molar-refractivity contribution >= 4 is 63.6 Å². The first-order valence-electron chi connectivity index (χ1n) is 11.8. The first kappa shape index (κ1) is 25.5. The maximum Gasteiger partial charge on any atom is 0.335 e. The Morgan fingerprint density at radius 1 is 0.868 bits per heavy atom. The number of carbonyl (C=O) groups is 3. The summed E-state index contributed by atoms with van der Waals surface area (Å²) in [7, 11) is 0. The molecule has 4 aromatic rings. The Kier molecular flexibility index (Phi) is 6.93. The summed E-state index contributed by atoms with van der Waals surface area (Å²) < 4.78 is 6.04. The second-order valence-corrected chi connectivity index (χ2v) is 9.77. The number of hydrogen-bond acceptors (Lipinski definition) is 4. The van der Waals surface area contributed by atoms with Gasteiger partial charge in [-0.15, -0.1) is 0 Å². The fourth-order valence-electron chi connectivity index (χ4n) is 4.29. The molecule has 0 bridgehead atoms. The molecule has 0 aliphatic carbocycles. The van der Waals surface area contributed by atoms with Crippen LogP contribution >= 0.6 is 23.2 Å². The number of hydrogen-bond donors (Lipinski definition) is 1. The van der Waals surface area contributed by atoms with Gasteiger partial charge in [-0.25, -0.2) is 9.69 Å². The van der Waals surface area contributed by atoms with Crippen LogP contribution in [0.3, 0.4) is 0 Å². The average Bonchev–Trinajstić information content (AvgIpc) is 2.89. The van der Waals surface area contributed by atoms with Crippen LogP contribution in [0.1, 0.15) is 22.3 Å². The maximum atomic E-state index is 13.2. The van der Waals surface area contributed by atoms with Crippen molar-refractivity contribution in [1.29, 1.82) is 0 Å². The van der Waals surface area contributed by atoms with Crippen molar-refractivity contribution in [2.24, 2.45) is 0 Å². The molecule has 190 valence electrons. The van der Waals surface area contributed by atoms with Crippen LogP contribution in [0.15, 0.2) is 78.4 Å². The van der Waals surface area contributed by atoms with Crippen LogP contribution in [0.25, 0.3) is 16.8 Å². The topological polar surface area (TPSA) is 75.7 Å². The number of nitrogens with one attached hydrogen (secondary N) is 1. The summed E-state index contributed by atoms with van der Waals surface area (Å²) >= 11 is 12.7. The van der Waals surface area contributed by atoms with E-state index in [-0.39, 0.29) is 11.3 Å². The van der Waals surface area contributed by atoms with Crippen LogP contribution in [0.4, 0.5) is 10.5 Å². The first-order chi connectivity index (χ1) is 18.2. The third kappa shape index (κ3) is 4.88. The lowest BCUT2D eigenvalue weighted by molar-refractivity contribution is -0.122. The van der Waals surface area contributed by atoms with E-state index >= 15 is 0 Å². The van der Waals surface area contributed by atoms with Gasteiger partial charge < -0.3 is 4.74 Å². The normalized spacial score (nSPS) is 14.8. The molecule has 1 fully saturated rings. The number of barbiturate groups is 1. The van der Waals surface area contributed by atoms with E-state index in [2.05, 4.69) is 29.6 Å². The molecule has 38 heavy (non-hydrogen) atoms. The van der Waals surface area contributed by atoms with E-state index in [1.165, 1.54) is 12.1 Å². The maximum absolute atomic E-state index is 13.2. The molecule has 8 heteroatoms. The number of aryl methyl sites for hydroxylation is 2. The van der Waals surface area contributed by atoms with Crippen molar-refractivity contribution in [3.63, 3.8) is 0 Å². The summed E-state index contributed by atoms with van der Waals surface area (Å²) in [6.07, 6.45) is 1.39. The highest BCUT2D eigenvalue weighted by Crippen LogP contribution is 2.31. The van der Waals surface area contributed by atoms with Crippen molar-refractivity contribution in [1.82, 2.24) is 5.32 Å². The number of halogens is 2. The molecule has 5 rings (SSSR count). The second kappa shape index (κ2) is 10.3. The number of carbonyl (C=O) groups excluding carboxylic acids is 3. The minimum Gasteiger partial charge on any atom is -0.487 e. The van der Waals surface area contributed by atoms with Gasteiger partial charge in [0.1, 0.15) is 17.9 Å². The summed E-state index contributed by atoms with van der Waals surface area (Å²) in [5.74, 6) is -1.09. The molecule has 0 saturated carbocycles. The lowest BCUT2D eigenvalue weighted by atomic mass is 10.0. The molecule has 1 aliphatic rings. The lowest BCUT2D eigenvalue weighted by Gasteiger charge is -2.26. The van der Waals surface area contributed by atoms with Gasteiger partial charge in [0.15, 0.2) is 0 Å². The number of imide groups is 2. The fourth-order valence-corrected chi connectivity index (χ4v) is 4.71. The Labute approximate surface area is 229 Å². The molecule has 0 radical (unpaired) electrons. The van der Waals surface area contributed by atoms with E-state index in [0.29, 0.717) is 28.0 Å². The van der Waals surface area contributed by atoms with Crippen LogP contribution in [-0.4, -0.2) is 17.8 Å². The summed E-state index contributed by atoms with van der Waals surface area (Å²) in [5, 5.41) is 5.16. The molecule has 1 saturated heterocycles. The van der Waals surface area contributed by atoms with Gasteiger partial charge in [-0.05, 0) is 71.7 Å². The van der Waals surface area contributed by atoms with E-state index < -0.39 is 17.8 Å². The number of benzene rings is 4. The predicted molar refractivity (Wildman–Crippen MR) is 150 cm³/mol. The average molecular weight is 545 g/mol. The minimum atomic E-state index is -0.845. The van der Waals surface area contributed by atoms with Gasteiger partial charge in [0.2, 0.25) is 0 Å². The molecule has 0 spiro atoms. The first-order valence-corrected chi connectivity index (χ1v) is 12.6. The van der Waals surface area contributed by atoms with Gasteiger partial charge in [0.25, 0.3) is 11.8 Å². The molecular formula is C30H22Cl2N2O4. The molecule has 4 aromatic carbocycles. The number of amides is 4. The van der Waals surface area contributed by atoms with Crippen molar-refractivity contribution < 1.29 is 19.1 Å². The largest absolute Gasteiger partial charge is 0.487 e. The Hall–Kier alpha value is -4.13. The van der Waals surface area contributed by atoms with Gasteiger partial charge in [0.05, 0.1) is 10.7 Å². The lowest BCUT2D eigenvalue weighted by Crippen LogP contribution is -2.54. The van der Waals surface area contributed by atoms with Crippen LogP contribution in [0, 0.1) is 13.8 Å². The Morgan fingerprint density at radius 2 is 1.63 bits per heavy atom. The molecule has 0 aromatic heterocycles. The zero-order valence-electron chi connectivity index (χ0n) is 20.5. The molecule has 4 amide bonds. The molecule has 0 unspecified atom stereocenters. The monoisotopic (exact) mass is 544 g/mol. The second-order valence-electron chi connectivity index (χ2n) is 8.95. The third-order valence-electron chi connectivity index (χ3n) is 6.43. The summed E-state index contributed by atoms with van der Waals surface area (Å²) in [4.78, 5) is 39.1. The highest BCUT2D eigenvalue weighted by molar-refractivity contribution is 6.39. The molecule has 1 aliphatic heterocycles. The number of ether oxygens (including phenoxy) is 1. The molecule has 6 nitrogen and oxygen atoms in total. The SMILES string of the molecule is Cc1ccc(N2C(=O)NC(=O)/C(=C\c3ccc(OCc4c(C)ccc5ccccc45)c(Cl)c3)C2=O)cc1Cl. The fraction of sp³-hybridized carbons (Fsp3) is 0.100. The third-order valence-corrected chi connectivity index (χ3v) is 7.13. The Bertz CT molecular complexity index is 1660. The number of nitrogens with zero attached hydrogens (tertiary/aromatic N) is 1. The van der Waals surface area contributed by atoms with Crippen LogP contribution < -0.4 is 15.0 Å². The quantitative estimate of drug-likeness (QED) is 0.216. The van der Waals surface area contributed by atoms with E-state index in [1.54, 1.807) is 37.3 Å². The van der Waals surface area contributed by atoms with E-state index in [0.717, 1.165) is 32.4 Å². The smallest absolute Gasteiger partial charge is 0.335 e. The standard InChI is InChI=1S/C30H22Cl2N2O4/c1-17-7-10-20-5-3-4-6-22(20)24(17)16-38-27-12-9-19(14-26(27)32)13-23-28(35)33-30(37)34(29(23)36)21-11-8-18(2)25(31)15-21/h3-15H,16H2,1-2H3,(H,33,35,37)/b23-13+. The molecular weight excluding hydrogens is 523 g/mol. The summed E-state index contributed by atoms with van der Waals surface area (Å²) in [5.41, 5.74) is 3.51. The number of rotatable bonds is 5. The Balaban J connectivity index is 1.39. The van der Waals surface area contributed by atoms with Gasteiger partial charge in [-0.3, -0.25) is 14.9 Å². The highest BCUT2D eigenvalue weighted by atomic mass is 35.5. The zero-order valence-corrected chi connectivity index (χ0v) is 22.1. The molecule has 1 N–H and O–H groups in total. The number of fused-ring (bicyclic) bond motifs is 1. The van der Waals surface area contributed by atoms with Crippen LogP contribution in [0.5, 0.6) is 5.75 Å². The highest BCUT2D eigenvalue weighted by Gasteiger charge is 2.37. The molecule has 1 heterocycles. The van der Waals surface area contributed by atoms with Crippen LogP contribution in [0.2, 0.25) is 10.0 Å². The Morgan fingerprint density at radius 3 is 2.39 bits per heavy atom. The van der Waals surface area contributed by atoms with Crippen molar-refractivity contribution in [3.8, 4) is 5.75 Å². The van der Waals surface area contributed by atoms with E-state index in [4.69, 9.17) is 27.9 Å². The van der Waals surface area contributed by atoms with Gasteiger partial charge in [-0.1, -0.05) is 71.7 Å². The number of anilines is 1. The zero-order chi connectivity index (χ0) is 27.0. The van der Waals surface area contributed by atoms with Crippen molar-refractivity contribution in [2.75, 3.05) is 4.90 Å².